The van der Waals surface area contributed by atoms with Crippen molar-refractivity contribution in [3.8, 4) is 11.5 Å². The molecule has 0 fully saturated rings. The van der Waals surface area contributed by atoms with Gasteiger partial charge in [-0.25, -0.2) is 4.98 Å². The van der Waals surface area contributed by atoms with Crippen LogP contribution in [0.1, 0.15) is 17.2 Å². The maximum absolute atomic E-state index is 5.96. The summed E-state index contributed by atoms with van der Waals surface area (Å²) in [6.45, 7) is 1.43. The lowest BCUT2D eigenvalue weighted by atomic mass is 10.2. The summed E-state index contributed by atoms with van der Waals surface area (Å²) < 4.78 is 8.79. The molecule has 7 nitrogen and oxygen atoms in total. The van der Waals surface area contributed by atoms with Gasteiger partial charge in [0, 0.05) is 13.1 Å². The van der Waals surface area contributed by atoms with E-state index in [4.69, 9.17) is 44.3 Å². The number of hydrogen-bond donors (Lipinski definition) is 1. The number of benzene rings is 1. The van der Waals surface area contributed by atoms with Crippen LogP contribution >= 0.6 is 34.8 Å². The average molecular weight is 447 g/mol. The Balaban J connectivity index is 2.29. The Morgan fingerprint density at radius 2 is 1.75 bits per heavy atom. The molecule has 1 aromatic carbocycles. The van der Waals surface area contributed by atoms with Crippen molar-refractivity contribution in [1.82, 2.24) is 19.9 Å². The van der Waals surface area contributed by atoms with E-state index >= 15 is 0 Å². The molecule has 0 saturated heterocycles. The van der Waals surface area contributed by atoms with E-state index in [9.17, 15) is 0 Å². The number of nitrogens with zero attached hydrogens (tertiary/aromatic N) is 4. The minimum atomic E-state index is -1.76. The molecule has 0 spiro atoms. The van der Waals surface area contributed by atoms with Gasteiger partial charge in [-0.2, -0.15) is 9.97 Å². The maximum Gasteiger partial charge on any atom is 0.250 e. The van der Waals surface area contributed by atoms with Gasteiger partial charge in [0.15, 0.2) is 23.1 Å². The fourth-order valence-electron chi connectivity index (χ4n) is 2.19. The van der Waals surface area contributed by atoms with Crippen LogP contribution in [-0.2, 0) is 3.79 Å². The van der Waals surface area contributed by atoms with E-state index in [1.165, 1.54) is 0 Å². The molecule has 0 saturated carbocycles. The highest BCUT2D eigenvalue weighted by Crippen LogP contribution is 2.36. The van der Waals surface area contributed by atoms with Crippen LogP contribution in [0.4, 0.5) is 5.95 Å². The van der Waals surface area contributed by atoms with Gasteiger partial charge in [0.25, 0.3) is 0 Å². The van der Waals surface area contributed by atoms with Gasteiger partial charge in [0.1, 0.15) is 0 Å². The number of hydrogen-bond acceptors (Lipinski definition) is 7. The van der Waals surface area contributed by atoms with E-state index < -0.39 is 3.79 Å². The van der Waals surface area contributed by atoms with Crippen LogP contribution in [0.2, 0.25) is 0 Å². The number of anilines is 1. The van der Waals surface area contributed by atoms with E-state index in [0.717, 1.165) is 12.1 Å². The molecule has 10 heteroatoms. The van der Waals surface area contributed by atoms with Crippen molar-refractivity contribution in [2.24, 2.45) is 0 Å². The molecule has 0 radical (unpaired) electrons. The fourth-order valence-corrected chi connectivity index (χ4v) is 2.44. The van der Waals surface area contributed by atoms with Gasteiger partial charge in [-0.3, -0.25) is 0 Å². The van der Waals surface area contributed by atoms with Crippen molar-refractivity contribution >= 4 is 52.9 Å². The molecular formula is C18H22Cl3N5O2. The number of nitrogens with one attached hydrogen (secondary N) is 1. The molecule has 0 aliphatic heterocycles. The summed E-state index contributed by atoms with van der Waals surface area (Å²) in [5, 5.41) is 3.11. The first kappa shape index (κ1) is 22.5. The fraction of sp³-hybridized carbons (Fsp3) is 0.389. The zero-order valence-electron chi connectivity index (χ0n) is 16.0. The molecule has 152 valence electrons. The van der Waals surface area contributed by atoms with Gasteiger partial charge < -0.3 is 19.7 Å². The predicted octanol–water partition coefficient (Wildman–Crippen LogP) is 3.86. The molecule has 0 unspecified atom stereocenters. The number of rotatable bonds is 8. The molecule has 1 N–H and O–H groups in total. The van der Waals surface area contributed by atoms with Crippen LogP contribution in [0.15, 0.2) is 18.2 Å². The third-order valence-corrected chi connectivity index (χ3v) is 4.09. The monoisotopic (exact) mass is 445 g/mol. The van der Waals surface area contributed by atoms with Crippen LogP contribution in [0.25, 0.3) is 12.2 Å². The highest BCUT2D eigenvalue weighted by molar-refractivity contribution is 6.66. The zero-order chi connectivity index (χ0) is 20.7. The van der Waals surface area contributed by atoms with E-state index in [1.54, 1.807) is 20.3 Å². The van der Waals surface area contributed by atoms with Crippen LogP contribution < -0.4 is 14.8 Å². The van der Waals surface area contributed by atoms with Gasteiger partial charge in [-0.15, -0.1) is 0 Å². The van der Waals surface area contributed by atoms with Crippen molar-refractivity contribution in [2.45, 2.75) is 3.79 Å². The molecular weight excluding hydrogens is 425 g/mol. The zero-order valence-corrected chi connectivity index (χ0v) is 18.3. The normalized spacial score (nSPS) is 11.9. The van der Waals surface area contributed by atoms with Crippen LogP contribution in [0.5, 0.6) is 11.5 Å². The molecule has 0 bridgehead atoms. The molecule has 0 aliphatic rings. The van der Waals surface area contributed by atoms with E-state index in [-0.39, 0.29) is 5.82 Å². The Morgan fingerprint density at radius 1 is 1.04 bits per heavy atom. The Labute approximate surface area is 179 Å². The maximum atomic E-state index is 5.96. The topological polar surface area (TPSA) is 72.4 Å². The quantitative estimate of drug-likeness (QED) is 0.617. The second-order valence-electron chi connectivity index (χ2n) is 6.02. The molecule has 0 atom stereocenters. The molecule has 2 aromatic rings. The van der Waals surface area contributed by atoms with Crippen LogP contribution in [-0.4, -0.2) is 61.3 Å². The van der Waals surface area contributed by atoms with Gasteiger partial charge in [-0.05, 0) is 37.9 Å². The highest BCUT2D eigenvalue weighted by Gasteiger charge is 2.28. The van der Waals surface area contributed by atoms with Crippen LogP contribution in [0, 0.1) is 0 Å². The minimum Gasteiger partial charge on any atom is -0.493 e. The summed E-state index contributed by atoms with van der Waals surface area (Å²) in [5.41, 5.74) is 0.871. The summed E-state index contributed by atoms with van der Waals surface area (Å²) in [4.78, 5) is 14.8. The van der Waals surface area contributed by atoms with E-state index in [2.05, 4.69) is 20.3 Å². The number of likely N-dealkylation sites (N-methyl/N-ethyl adjacent to an activating group) is 1. The third-order valence-electron chi connectivity index (χ3n) is 3.58. The lowest BCUT2D eigenvalue weighted by molar-refractivity contribution is 0.355. The standard InChI is InChI=1S/C18H22Cl3N5O2/c1-26(2)10-9-22-17-24-15(23-16(25-17)18(19,20)21)8-6-12-5-7-13(27-3)14(11-12)28-4/h5-8,11H,9-10H2,1-4H3,(H,22,23,24,25). The SMILES string of the molecule is COc1ccc(C=Cc2nc(NCCN(C)C)nc(C(Cl)(Cl)Cl)n2)cc1OC. The Kier molecular flexibility index (Phi) is 8.12. The van der Waals surface area contributed by atoms with Crippen molar-refractivity contribution in [3.05, 3.63) is 35.4 Å². The molecule has 2 rings (SSSR count). The first-order chi connectivity index (χ1) is 13.2. The summed E-state index contributed by atoms with van der Waals surface area (Å²) in [6.07, 6.45) is 3.53. The smallest absolute Gasteiger partial charge is 0.250 e. The number of halogens is 3. The summed E-state index contributed by atoms with van der Waals surface area (Å²) in [6, 6.07) is 5.53. The highest BCUT2D eigenvalue weighted by atomic mass is 35.6. The summed E-state index contributed by atoms with van der Waals surface area (Å²) in [7, 11) is 7.11. The Morgan fingerprint density at radius 3 is 2.36 bits per heavy atom. The largest absolute Gasteiger partial charge is 0.493 e. The van der Waals surface area contributed by atoms with Crippen molar-refractivity contribution in [2.75, 3.05) is 46.7 Å². The molecule has 0 aliphatic carbocycles. The summed E-state index contributed by atoms with van der Waals surface area (Å²) in [5.74, 6) is 2.01. The Bertz CT molecular complexity index is 825. The molecule has 28 heavy (non-hydrogen) atoms. The number of methoxy groups -OCH3 is 2. The Hall–Kier alpha value is -1.80. The van der Waals surface area contributed by atoms with Gasteiger partial charge in [0.2, 0.25) is 9.74 Å². The average Bonchev–Trinajstić information content (AvgIpc) is 2.65. The van der Waals surface area contributed by atoms with E-state index in [1.807, 2.05) is 43.3 Å². The molecule has 1 aromatic heterocycles. The number of aromatic nitrogens is 3. The van der Waals surface area contributed by atoms with Crippen molar-refractivity contribution < 1.29 is 9.47 Å². The molecule has 1 heterocycles. The number of ether oxygens (including phenoxy) is 2. The van der Waals surface area contributed by atoms with Gasteiger partial charge in [-0.1, -0.05) is 46.9 Å². The number of alkyl halides is 3. The first-order valence-corrected chi connectivity index (χ1v) is 9.48. The third kappa shape index (κ3) is 6.67. The minimum absolute atomic E-state index is 0.0480. The summed E-state index contributed by atoms with van der Waals surface area (Å²) >= 11 is 17.9. The van der Waals surface area contributed by atoms with Crippen molar-refractivity contribution in [1.29, 1.82) is 0 Å². The molecule has 0 amide bonds. The van der Waals surface area contributed by atoms with Gasteiger partial charge >= 0.3 is 0 Å². The lowest BCUT2D eigenvalue weighted by Gasteiger charge is -2.13. The van der Waals surface area contributed by atoms with E-state index in [0.29, 0.717) is 29.8 Å². The lowest BCUT2D eigenvalue weighted by Crippen LogP contribution is -2.22. The van der Waals surface area contributed by atoms with Crippen molar-refractivity contribution in [3.63, 3.8) is 0 Å². The van der Waals surface area contributed by atoms with Crippen LogP contribution in [0.3, 0.4) is 0 Å². The second kappa shape index (κ2) is 10.1. The first-order valence-electron chi connectivity index (χ1n) is 8.35. The van der Waals surface area contributed by atoms with Gasteiger partial charge in [0.05, 0.1) is 14.2 Å². The second-order valence-corrected chi connectivity index (χ2v) is 8.30. The predicted molar refractivity (Wildman–Crippen MR) is 115 cm³/mol.